The lowest BCUT2D eigenvalue weighted by atomic mass is 10.2. The number of hydrogen-bond donors (Lipinski definition) is 2. The fourth-order valence-electron chi connectivity index (χ4n) is 2.10. The summed E-state index contributed by atoms with van der Waals surface area (Å²) in [7, 11) is 0. The number of ether oxygens (including phenoxy) is 1. The van der Waals surface area contributed by atoms with Crippen molar-refractivity contribution in [2.24, 2.45) is 0 Å². The average Bonchev–Trinajstić information content (AvgIpc) is 2.58. The molecule has 0 aliphatic heterocycles. The summed E-state index contributed by atoms with van der Waals surface area (Å²) in [4.78, 5) is 12.0. The Bertz CT molecular complexity index is 619. The lowest BCUT2D eigenvalue weighted by Crippen LogP contribution is -2.92. The SMILES string of the molecule is C[C@H]([NH2+]CCOc1ccccc1F)C(=O)NCc1ccccc1. The molecule has 1 amide bonds. The largest absolute Gasteiger partial charge is 0.485 e. The molecule has 2 aromatic rings. The van der Waals surface area contributed by atoms with E-state index in [1.807, 2.05) is 42.6 Å². The first-order chi connectivity index (χ1) is 11.2. The first-order valence-electron chi connectivity index (χ1n) is 7.69. The molecule has 0 aliphatic rings. The van der Waals surface area contributed by atoms with E-state index in [2.05, 4.69) is 5.32 Å². The number of rotatable bonds is 8. The van der Waals surface area contributed by atoms with Gasteiger partial charge in [0.05, 0.1) is 0 Å². The zero-order valence-corrected chi connectivity index (χ0v) is 13.2. The summed E-state index contributed by atoms with van der Waals surface area (Å²) in [6.45, 7) is 3.28. The number of benzene rings is 2. The van der Waals surface area contributed by atoms with E-state index in [-0.39, 0.29) is 23.5 Å². The number of nitrogens with two attached hydrogens (primary N) is 1. The van der Waals surface area contributed by atoms with Crippen LogP contribution in [0, 0.1) is 5.82 Å². The summed E-state index contributed by atoms with van der Waals surface area (Å²) in [5, 5.41) is 4.77. The predicted octanol–water partition coefficient (Wildman–Crippen LogP) is 1.47. The van der Waals surface area contributed by atoms with Crippen LogP contribution in [-0.2, 0) is 11.3 Å². The summed E-state index contributed by atoms with van der Waals surface area (Å²) in [6.07, 6.45) is 0. The maximum absolute atomic E-state index is 13.4. The second-order valence-corrected chi connectivity index (χ2v) is 5.30. The number of para-hydroxylation sites is 1. The standard InChI is InChI=1S/C18H21FN2O2/c1-14(18(22)21-13-15-7-3-2-4-8-15)20-11-12-23-17-10-6-5-9-16(17)19/h2-10,14,20H,11-13H2,1H3,(H,21,22)/p+1/t14-/m0/s1. The highest BCUT2D eigenvalue weighted by atomic mass is 19.1. The minimum atomic E-state index is -0.374. The van der Waals surface area contributed by atoms with E-state index in [9.17, 15) is 9.18 Å². The Balaban J connectivity index is 1.65. The molecule has 2 rings (SSSR count). The molecule has 5 heteroatoms. The van der Waals surface area contributed by atoms with Crippen molar-refractivity contribution in [1.29, 1.82) is 0 Å². The van der Waals surface area contributed by atoms with Gasteiger partial charge in [-0.05, 0) is 24.6 Å². The van der Waals surface area contributed by atoms with Crippen molar-refractivity contribution in [1.82, 2.24) is 5.32 Å². The first-order valence-corrected chi connectivity index (χ1v) is 7.69. The van der Waals surface area contributed by atoms with E-state index in [4.69, 9.17) is 4.74 Å². The average molecular weight is 317 g/mol. The van der Waals surface area contributed by atoms with E-state index in [0.717, 1.165) is 5.56 Å². The summed E-state index contributed by atoms with van der Waals surface area (Å²) < 4.78 is 18.7. The van der Waals surface area contributed by atoms with Crippen LogP contribution in [0.4, 0.5) is 4.39 Å². The Morgan fingerprint density at radius 1 is 1.17 bits per heavy atom. The molecule has 1 atom stereocenters. The summed E-state index contributed by atoms with van der Waals surface area (Å²) >= 11 is 0. The third kappa shape index (κ3) is 5.71. The molecule has 0 saturated heterocycles. The van der Waals surface area contributed by atoms with E-state index < -0.39 is 0 Å². The Kier molecular flexibility index (Phi) is 6.56. The van der Waals surface area contributed by atoms with Crippen molar-refractivity contribution in [3.05, 3.63) is 66.0 Å². The molecule has 0 saturated carbocycles. The molecule has 0 heterocycles. The van der Waals surface area contributed by atoms with Crippen LogP contribution in [0.1, 0.15) is 12.5 Å². The fourth-order valence-corrected chi connectivity index (χ4v) is 2.10. The Labute approximate surface area is 135 Å². The molecule has 2 aromatic carbocycles. The van der Waals surface area contributed by atoms with Gasteiger partial charge in [0, 0.05) is 6.54 Å². The number of carbonyl (C=O) groups excluding carboxylic acids is 1. The molecule has 3 N–H and O–H groups in total. The third-order valence-electron chi connectivity index (χ3n) is 3.46. The van der Waals surface area contributed by atoms with Gasteiger partial charge in [-0.1, -0.05) is 42.5 Å². The quantitative estimate of drug-likeness (QED) is 0.725. The molecule has 0 aromatic heterocycles. The van der Waals surface area contributed by atoms with Crippen molar-refractivity contribution >= 4 is 5.91 Å². The smallest absolute Gasteiger partial charge is 0.278 e. The van der Waals surface area contributed by atoms with Gasteiger partial charge in [-0.15, -0.1) is 0 Å². The van der Waals surface area contributed by atoms with Crippen LogP contribution < -0.4 is 15.4 Å². The molecule has 122 valence electrons. The second kappa shape index (κ2) is 8.90. The molecule has 0 unspecified atom stereocenters. The van der Waals surface area contributed by atoms with E-state index in [1.54, 1.807) is 18.2 Å². The normalized spacial score (nSPS) is 11.7. The van der Waals surface area contributed by atoms with Crippen LogP contribution >= 0.6 is 0 Å². The van der Waals surface area contributed by atoms with Crippen LogP contribution in [-0.4, -0.2) is 25.1 Å². The van der Waals surface area contributed by atoms with Gasteiger partial charge in [0.25, 0.3) is 5.91 Å². The number of halogens is 1. The number of hydrogen-bond acceptors (Lipinski definition) is 2. The number of quaternary nitrogens is 1. The van der Waals surface area contributed by atoms with Crippen molar-refractivity contribution in [3.8, 4) is 5.75 Å². The van der Waals surface area contributed by atoms with Crippen LogP contribution in [0.2, 0.25) is 0 Å². The topological polar surface area (TPSA) is 54.9 Å². The van der Waals surface area contributed by atoms with Crippen molar-refractivity contribution in [3.63, 3.8) is 0 Å². The lowest BCUT2D eigenvalue weighted by molar-refractivity contribution is -0.674. The van der Waals surface area contributed by atoms with Gasteiger partial charge in [0.15, 0.2) is 17.6 Å². The molecule has 0 radical (unpaired) electrons. The van der Waals surface area contributed by atoms with Crippen LogP contribution in [0.15, 0.2) is 54.6 Å². The van der Waals surface area contributed by atoms with Crippen LogP contribution in [0.3, 0.4) is 0 Å². The molecule has 4 nitrogen and oxygen atoms in total. The lowest BCUT2D eigenvalue weighted by Gasteiger charge is -2.12. The molecule has 0 bridgehead atoms. The minimum absolute atomic E-state index is 0.0280. The van der Waals surface area contributed by atoms with Gasteiger partial charge in [-0.2, -0.15) is 0 Å². The fraction of sp³-hybridized carbons (Fsp3) is 0.278. The van der Waals surface area contributed by atoms with Crippen molar-refractivity contribution < 1.29 is 19.2 Å². The number of amides is 1. The highest BCUT2D eigenvalue weighted by Crippen LogP contribution is 2.14. The zero-order valence-electron chi connectivity index (χ0n) is 13.2. The second-order valence-electron chi connectivity index (χ2n) is 5.30. The van der Waals surface area contributed by atoms with Crippen LogP contribution in [0.25, 0.3) is 0 Å². The summed E-state index contributed by atoms with van der Waals surface area (Å²) in [5.41, 5.74) is 1.07. The molecular weight excluding hydrogens is 295 g/mol. The van der Waals surface area contributed by atoms with Crippen LogP contribution in [0.5, 0.6) is 5.75 Å². The molecule has 0 aliphatic carbocycles. The highest BCUT2D eigenvalue weighted by Gasteiger charge is 2.15. The Morgan fingerprint density at radius 3 is 2.61 bits per heavy atom. The van der Waals surface area contributed by atoms with E-state index in [1.165, 1.54) is 6.07 Å². The van der Waals surface area contributed by atoms with Gasteiger partial charge in [0.1, 0.15) is 13.2 Å². The highest BCUT2D eigenvalue weighted by molar-refractivity contribution is 5.79. The van der Waals surface area contributed by atoms with Gasteiger partial charge < -0.3 is 15.4 Å². The van der Waals surface area contributed by atoms with Crippen molar-refractivity contribution in [2.45, 2.75) is 19.5 Å². The molecule has 0 fully saturated rings. The molecule has 0 spiro atoms. The summed E-state index contributed by atoms with van der Waals surface area (Å²) in [5.74, 6) is -0.164. The number of nitrogens with one attached hydrogen (secondary N) is 1. The molecular formula is C18H22FN2O2+. The van der Waals surface area contributed by atoms with Gasteiger partial charge in [-0.3, -0.25) is 4.79 Å². The Morgan fingerprint density at radius 2 is 1.87 bits per heavy atom. The molecule has 23 heavy (non-hydrogen) atoms. The number of carbonyl (C=O) groups is 1. The first kappa shape index (κ1) is 17.0. The van der Waals surface area contributed by atoms with Gasteiger partial charge >= 0.3 is 0 Å². The van der Waals surface area contributed by atoms with Gasteiger partial charge in [0.2, 0.25) is 0 Å². The van der Waals surface area contributed by atoms with E-state index in [0.29, 0.717) is 19.7 Å². The monoisotopic (exact) mass is 317 g/mol. The maximum atomic E-state index is 13.4. The van der Waals surface area contributed by atoms with E-state index >= 15 is 0 Å². The zero-order chi connectivity index (χ0) is 16.5. The third-order valence-corrected chi connectivity index (χ3v) is 3.46. The predicted molar refractivity (Wildman–Crippen MR) is 86.4 cm³/mol. The maximum Gasteiger partial charge on any atom is 0.278 e. The minimum Gasteiger partial charge on any atom is -0.485 e. The van der Waals surface area contributed by atoms with Crippen molar-refractivity contribution in [2.75, 3.05) is 13.2 Å². The Hall–Kier alpha value is -2.40. The summed E-state index contributed by atoms with van der Waals surface area (Å²) in [6, 6.07) is 15.8. The van der Waals surface area contributed by atoms with Gasteiger partial charge in [-0.25, -0.2) is 4.39 Å².